The number of phenolic OH excluding ortho intramolecular Hbond substituents is 1. The van der Waals surface area contributed by atoms with Crippen LogP contribution >= 0.6 is 0 Å². The summed E-state index contributed by atoms with van der Waals surface area (Å²) >= 11 is 0. The van der Waals surface area contributed by atoms with E-state index in [0.29, 0.717) is 5.75 Å². The molecule has 0 radical (unpaired) electrons. The Labute approximate surface area is 147 Å². The van der Waals surface area contributed by atoms with Crippen molar-refractivity contribution in [2.45, 2.75) is 85.7 Å². The molecule has 1 aromatic rings. The summed E-state index contributed by atoms with van der Waals surface area (Å²) in [7, 11) is -3.01. The van der Waals surface area contributed by atoms with Crippen LogP contribution in [0.2, 0.25) is 38.3 Å². The molecule has 0 bridgehead atoms. The molecule has 0 unspecified atom stereocenters. The third kappa shape index (κ3) is 10.7. The Morgan fingerprint density at radius 1 is 0.870 bits per heavy atom. The molecule has 0 aliphatic carbocycles. The molecule has 0 saturated heterocycles. The average molecular weight is 357 g/mol. The second-order valence-corrected chi connectivity index (χ2v) is 16.1. The minimum absolute atomic E-state index is 0. The van der Waals surface area contributed by atoms with Gasteiger partial charge in [-0.3, -0.25) is 0 Å². The zero-order chi connectivity index (χ0) is 15.9. The van der Waals surface area contributed by atoms with Gasteiger partial charge in [0.1, 0.15) is 5.75 Å². The molecule has 0 aromatic heterocycles. The number of aryl methyl sites for hydroxylation is 1. The predicted molar refractivity (Wildman–Crippen MR) is 110 cm³/mol. The highest BCUT2D eigenvalue weighted by atomic mass is 28.4. The van der Waals surface area contributed by atoms with E-state index in [9.17, 15) is 5.11 Å². The minimum atomic E-state index is -1.54. The van der Waals surface area contributed by atoms with E-state index >= 15 is 0 Å². The van der Waals surface area contributed by atoms with Crippen LogP contribution in [0.15, 0.2) is 24.3 Å². The summed E-state index contributed by atoms with van der Waals surface area (Å²) in [6.45, 7) is 11.7. The molecule has 0 aliphatic heterocycles. The third-order valence-corrected chi connectivity index (χ3v) is 11.4. The summed E-state index contributed by atoms with van der Waals surface area (Å²) in [6.07, 6.45) is 4.83. The SMILES string of the molecule is C.C.CCCC[Si](C)(C)O[Si](C)(C)CCCc1ccc(O)cc1. The molecule has 0 amide bonds. The van der Waals surface area contributed by atoms with Gasteiger partial charge in [0.25, 0.3) is 0 Å². The maximum Gasteiger partial charge on any atom is 0.173 e. The first-order chi connectivity index (χ1) is 9.74. The van der Waals surface area contributed by atoms with E-state index in [4.69, 9.17) is 4.12 Å². The first-order valence-electron chi connectivity index (χ1n) is 8.22. The molecule has 0 atom stereocenters. The van der Waals surface area contributed by atoms with Crippen molar-refractivity contribution in [1.82, 2.24) is 0 Å². The van der Waals surface area contributed by atoms with Crippen molar-refractivity contribution >= 4 is 16.6 Å². The van der Waals surface area contributed by atoms with Crippen molar-refractivity contribution in [3.63, 3.8) is 0 Å². The van der Waals surface area contributed by atoms with Crippen LogP contribution in [0.5, 0.6) is 5.75 Å². The van der Waals surface area contributed by atoms with Gasteiger partial charge in [-0.25, -0.2) is 0 Å². The highest BCUT2D eigenvalue weighted by Crippen LogP contribution is 2.25. The molecule has 2 nitrogen and oxygen atoms in total. The lowest BCUT2D eigenvalue weighted by Crippen LogP contribution is -2.44. The van der Waals surface area contributed by atoms with Gasteiger partial charge in [0, 0.05) is 0 Å². The van der Waals surface area contributed by atoms with Crippen molar-refractivity contribution in [3.05, 3.63) is 29.8 Å². The van der Waals surface area contributed by atoms with E-state index in [-0.39, 0.29) is 14.9 Å². The number of phenols is 1. The molecule has 0 aliphatic rings. The van der Waals surface area contributed by atoms with Crippen LogP contribution < -0.4 is 0 Å². The van der Waals surface area contributed by atoms with Crippen molar-refractivity contribution in [1.29, 1.82) is 0 Å². The summed E-state index contributed by atoms with van der Waals surface area (Å²) < 4.78 is 6.62. The fraction of sp³-hybridized carbons (Fsp3) is 0.684. The lowest BCUT2D eigenvalue weighted by atomic mass is 10.1. The Bertz CT molecular complexity index is 414. The second-order valence-electron chi connectivity index (χ2n) is 7.25. The highest BCUT2D eigenvalue weighted by Gasteiger charge is 2.31. The maximum atomic E-state index is 9.30. The molecule has 136 valence electrons. The third-order valence-electron chi connectivity index (χ3n) is 3.87. The lowest BCUT2D eigenvalue weighted by molar-refractivity contribution is 0.475. The molecule has 0 saturated carbocycles. The normalized spacial score (nSPS) is 11.5. The van der Waals surface area contributed by atoms with E-state index < -0.39 is 16.6 Å². The Balaban J connectivity index is 0. The maximum absolute atomic E-state index is 9.30. The molecule has 4 heteroatoms. The number of hydrogen-bond donors (Lipinski definition) is 1. The summed E-state index contributed by atoms with van der Waals surface area (Å²) in [5, 5.41) is 9.30. The number of unbranched alkanes of at least 4 members (excludes halogenated alkanes) is 1. The van der Waals surface area contributed by atoms with Crippen LogP contribution in [0.3, 0.4) is 0 Å². The zero-order valence-electron chi connectivity index (χ0n) is 14.4. The average Bonchev–Trinajstić information content (AvgIpc) is 2.37. The second kappa shape index (κ2) is 11.1. The number of benzene rings is 1. The summed E-state index contributed by atoms with van der Waals surface area (Å²) in [5.41, 5.74) is 1.31. The van der Waals surface area contributed by atoms with Crippen molar-refractivity contribution < 1.29 is 9.22 Å². The molecule has 1 aromatic carbocycles. The van der Waals surface area contributed by atoms with Gasteiger partial charge in [0.05, 0.1) is 0 Å². The van der Waals surface area contributed by atoms with E-state index in [0.717, 1.165) is 6.42 Å². The first-order valence-corrected chi connectivity index (χ1v) is 14.5. The smallest absolute Gasteiger partial charge is 0.173 e. The number of aromatic hydroxyl groups is 1. The fourth-order valence-electron chi connectivity index (χ4n) is 2.83. The van der Waals surface area contributed by atoms with Crippen molar-refractivity contribution in [3.8, 4) is 5.75 Å². The minimum Gasteiger partial charge on any atom is -0.508 e. The zero-order valence-corrected chi connectivity index (χ0v) is 16.4. The number of rotatable bonds is 9. The van der Waals surface area contributed by atoms with Crippen LogP contribution in [0.25, 0.3) is 0 Å². The highest BCUT2D eigenvalue weighted by molar-refractivity contribution is 6.84. The van der Waals surface area contributed by atoms with Gasteiger partial charge < -0.3 is 9.22 Å². The molecule has 0 spiro atoms. The monoisotopic (exact) mass is 356 g/mol. The molecule has 23 heavy (non-hydrogen) atoms. The predicted octanol–water partition coefficient (Wildman–Crippen LogP) is 6.82. The molecular formula is C19H40O2Si2. The quantitative estimate of drug-likeness (QED) is 0.492. The van der Waals surface area contributed by atoms with Gasteiger partial charge in [-0.1, -0.05) is 46.8 Å². The topological polar surface area (TPSA) is 29.5 Å². The van der Waals surface area contributed by atoms with E-state index in [1.807, 2.05) is 12.1 Å². The van der Waals surface area contributed by atoms with Crippen LogP contribution in [-0.4, -0.2) is 21.7 Å². The molecule has 0 heterocycles. The number of hydrogen-bond acceptors (Lipinski definition) is 2. The van der Waals surface area contributed by atoms with E-state index in [2.05, 4.69) is 33.1 Å². The molecular weight excluding hydrogens is 316 g/mol. The Kier molecular flexibility index (Phi) is 11.9. The Hall–Kier alpha value is -0.586. The van der Waals surface area contributed by atoms with Crippen LogP contribution in [-0.2, 0) is 10.5 Å². The molecule has 1 rings (SSSR count). The van der Waals surface area contributed by atoms with Crippen LogP contribution in [0, 0.1) is 0 Å². The summed E-state index contributed by atoms with van der Waals surface area (Å²) in [6, 6.07) is 10.1. The van der Waals surface area contributed by atoms with Crippen molar-refractivity contribution in [2.24, 2.45) is 0 Å². The molecule has 1 N–H and O–H groups in total. The fourth-order valence-corrected chi connectivity index (χ4v) is 11.9. The van der Waals surface area contributed by atoms with Gasteiger partial charge in [0.2, 0.25) is 0 Å². The standard InChI is InChI=1S/C17H32O2Si2.2CH4/c1-6-7-14-20(2,3)19-21(4,5)15-8-9-16-10-12-17(18)13-11-16;;/h10-13,18H,6-9,14-15H2,1-5H3;2*1H4. The van der Waals surface area contributed by atoms with Gasteiger partial charge in [-0.15, -0.1) is 0 Å². The van der Waals surface area contributed by atoms with Gasteiger partial charge in [-0.2, -0.15) is 0 Å². The lowest BCUT2D eigenvalue weighted by Gasteiger charge is -2.34. The summed E-state index contributed by atoms with van der Waals surface area (Å²) in [5.74, 6) is 0.348. The van der Waals surface area contributed by atoms with Crippen LogP contribution in [0.1, 0.15) is 46.6 Å². The van der Waals surface area contributed by atoms with Gasteiger partial charge in [0.15, 0.2) is 16.6 Å². The molecule has 0 fully saturated rings. The van der Waals surface area contributed by atoms with Crippen LogP contribution in [0.4, 0.5) is 0 Å². The Morgan fingerprint density at radius 2 is 1.35 bits per heavy atom. The largest absolute Gasteiger partial charge is 0.508 e. The van der Waals surface area contributed by atoms with E-state index in [1.165, 1.54) is 36.9 Å². The van der Waals surface area contributed by atoms with E-state index in [1.54, 1.807) is 12.1 Å². The van der Waals surface area contributed by atoms with Gasteiger partial charge in [-0.05, 0) is 68.8 Å². The Morgan fingerprint density at radius 3 is 1.83 bits per heavy atom. The first kappa shape index (κ1) is 24.7. The van der Waals surface area contributed by atoms with Crippen molar-refractivity contribution in [2.75, 3.05) is 0 Å². The van der Waals surface area contributed by atoms with Gasteiger partial charge >= 0.3 is 0 Å². The summed E-state index contributed by atoms with van der Waals surface area (Å²) in [4.78, 5) is 0.